The van der Waals surface area contributed by atoms with Crippen molar-refractivity contribution in [3.05, 3.63) is 124 Å². The van der Waals surface area contributed by atoms with E-state index in [2.05, 4.69) is 33.7 Å². The summed E-state index contributed by atoms with van der Waals surface area (Å²) in [6, 6.07) is 27.8. The number of aliphatic imine (C=N–C) groups is 1. The highest BCUT2D eigenvalue weighted by atomic mass is 16.5. The molecule has 0 saturated carbocycles. The molecule has 2 atom stereocenters. The van der Waals surface area contributed by atoms with E-state index in [0.717, 1.165) is 46.5 Å². The zero-order valence-corrected chi connectivity index (χ0v) is 33.5. The molecule has 3 aliphatic rings. The maximum Gasteiger partial charge on any atom is 0.260 e. The van der Waals surface area contributed by atoms with Crippen molar-refractivity contribution in [2.45, 2.75) is 45.1 Å². The third-order valence-corrected chi connectivity index (χ3v) is 11.1. The first-order valence-corrected chi connectivity index (χ1v) is 19.5. The quantitative estimate of drug-likeness (QED) is 0.108. The molecular formula is C46H46N6O7. The van der Waals surface area contributed by atoms with Crippen LogP contribution in [0.15, 0.2) is 96.0 Å². The fourth-order valence-corrected chi connectivity index (χ4v) is 7.94. The Morgan fingerprint density at radius 3 is 2.22 bits per heavy atom. The number of fused-ring (bicyclic) bond motifs is 5. The Labute approximate surface area is 342 Å². The second kappa shape index (κ2) is 16.5. The van der Waals surface area contributed by atoms with Crippen molar-refractivity contribution in [3.63, 3.8) is 0 Å². The van der Waals surface area contributed by atoms with E-state index in [0.29, 0.717) is 64.3 Å². The number of nitrogens with zero attached hydrogens (tertiary/aromatic N) is 3. The number of hydrogen-bond donors (Lipinski definition) is 3. The van der Waals surface area contributed by atoms with Gasteiger partial charge in [-0.2, -0.15) is 0 Å². The van der Waals surface area contributed by atoms with E-state index in [1.807, 2.05) is 65.6 Å². The number of methoxy groups -OCH3 is 2. The van der Waals surface area contributed by atoms with Gasteiger partial charge in [0.25, 0.3) is 11.8 Å². The van der Waals surface area contributed by atoms with Crippen LogP contribution in [0.25, 0.3) is 0 Å². The average Bonchev–Trinajstić information content (AvgIpc) is 3.84. The maximum absolute atomic E-state index is 14.0. The molecule has 3 aliphatic heterocycles. The summed E-state index contributed by atoms with van der Waals surface area (Å²) in [6.45, 7) is 6.83. The number of nitrogens with one attached hydrogen (secondary N) is 3. The minimum Gasteiger partial charge on any atom is -0.493 e. The van der Waals surface area contributed by atoms with Crippen LogP contribution in [0.3, 0.4) is 0 Å². The standard InChI is InChI=1S/C46H46N6O7/c1-27(47-2)44(53)50-32-17-28(25-58-42-22-36(48-3)34(20-40(42)56-4)45(54)51-15-14-30-10-6-8-12-38(30)51)16-29(18-32)26-59-43-23-37-35(21-41(43)57-5)46(55)52-33(24-49-37)19-31-11-7-9-13-39(31)52/h6-13,16-18,20-23,27,33,47,49H,3,14-15,19,24-26H2,1-2,4-5H3,(H,50,53). The molecule has 3 heterocycles. The third-order valence-electron chi connectivity index (χ3n) is 11.1. The molecule has 2 unspecified atom stereocenters. The molecule has 302 valence electrons. The summed E-state index contributed by atoms with van der Waals surface area (Å²) in [5.41, 5.74) is 7.96. The number of ether oxygens (including phenoxy) is 4. The van der Waals surface area contributed by atoms with Crippen LogP contribution in [0.4, 0.5) is 28.4 Å². The summed E-state index contributed by atoms with van der Waals surface area (Å²) in [7, 11) is 4.78. The van der Waals surface area contributed by atoms with E-state index in [4.69, 9.17) is 18.9 Å². The van der Waals surface area contributed by atoms with Gasteiger partial charge in [-0.05, 0) is 98.2 Å². The van der Waals surface area contributed by atoms with Crippen molar-refractivity contribution in [2.24, 2.45) is 4.99 Å². The summed E-state index contributed by atoms with van der Waals surface area (Å²) in [5, 5.41) is 9.43. The Balaban J connectivity index is 1.04. The zero-order chi connectivity index (χ0) is 41.2. The molecule has 3 amide bonds. The largest absolute Gasteiger partial charge is 0.493 e. The van der Waals surface area contributed by atoms with Gasteiger partial charge in [0.2, 0.25) is 5.91 Å². The number of benzene rings is 5. The molecule has 8 rings (SSSR count). The van der Waals surface area contributed by atoms with E-state index in [9.17, 15) is 14.4 Å². The average molecular weight is 795 g/mol. The molecule has 5 aromatic rings. The number of carbonyl (C=O) groups excluding carboxylic acids is 3. The molecular weight excluding hydrogens is 749 g/mol. The highest BCUT2D eigenvalue weighted by Gasteiger charge is 2.38. The van der Waals surface area contributed by atoms with Crippen molar-refractivity contribution in [1.29, 1.82) is 0 Å². The van der Waals surface area contributed by atoms with Crippen LogP contribution in [-0.2, 0) is 30.8 Å². The fourth-order valence-electron chi connectivity index (χ4n) is 7.94. The molecule has 13 nitrogen and oxygen atoms in total. The normalized spacial score (nSPS) is 15.5. The lowest BCUT2D eigenvalue weighted by Crippen LogP contribution is -2.39. The molecule has 13 heteroatoms. The summed E-state index contributed by atoms with van der Waals surface area (Å²) in [4.78, 5) is 48.6. The van der Waals surface area contributed by atoms with E-state index in [-0.39, 0.29) is 37.0 Å². The van der Waals surface area contributed by atoms with E-state index in [1.54, 1.807) is 50.2 Å². The van der Waals surface area contributed by atoms with Crippen LogP contribution in [0.1, 0.15) is 49.9 Å². The van der Waals surface area contributed by atoms with E-state index < -0.39 is 6.04 Å². The lowest BCUT2D eigenvalue weighted by atomic mass is 10.1. The number of hydrogen-bond acceptors (Lipinski definition) is 10. The maximum atomic E-state index is 14.0. The van der Waals surface area contributed by atoms with Gasteiger partial charge in [0.05, 0.1) is 48.8 Å². The third kappa shape index (κ3) is 7.64. The van der Waals surface area contributed by atoms with Gasteiger partial charge in [-0.25, -0.2) is 0 Å². The minimum absolute atomic E-state index is 0.0139. The highest BCUT2D eigenvalue weighted by Crippen LogP contribution is 2.41. The molecule has 0 bridgehead atoms. The molecule has 59 heavy (non-hydrogen) atoms. The van der Waals surface area contributed by atoms with Crippen LogP contribution < -0.4 is 44.7 Å². The molecule has 0 aromatic heterocycles. The van der Waals surface area contributed by atoms with Crippen molar-refractivity contribution in [3.8, 4) is 23.0 Å². The topological polar surface area (TPSA) is 143 Å². The number of carbonyl (C=O) groups is 3. The zero-order valence-electron chi connectivity index (χ0n) is 33.5. The number of likely N-dealkylation sites (N-methyl/N-ethyl adjacent to an activating group) is 1. The lowest BCUT2D eigenvalue weighted by molar-refractivity contribution is -0.117. The second-order valence-electron chi connectivity index (χ2n) is 14.7. The van der Waals surface area contributed by atoms with Crippen LogP contribution in [0, 0.1) is 0 Å². The highest BCUT2D eigenvalue weighted by molar-refractivity contribution is 6.12. The molecule has 3 N–H and O–H groups in total. The van der Waals surface area contributed by atoms with Gasteiger partial charge in [0, 0.05) is 42.3 Å². The number of anilines is 4. The molecule has 0 aliphatic carbocycles. The Kier molecular flexibility index (Phi) is 10.9. The Morgan fingerprint density at radius 2 is 1.53 bits per heavy atom. The predicted octanol–water partition coefficient (Wildman–Crippen LogP) is 6.94. The van der Waals surface area contributed by atoms with Gasteiger partial charge in [-0.15, -0.1) is 0 Å². The molecule has 0 spiro atoms. The first-order valence-electron chi connectivity index (χ1n) is 19.5. The van der Waals surface area contributed by atoms with Gasteiger partial charge in [0.1, 0.15) is 13.2 Å². The SMILES string of the molecule is C=Nc1cc(OCc2cc(COc3cc4c(cc3OC)C(=O)N3c5ccccc5CC3CN4)cc(NC(=O)C(C)NC)c2)c(OC)cc1C(=O)N1CCc2ccccc21. The molecule has 0 fully saturated rings. The van der Waals surface area contributed by atoms with Gasteiger partial charge in [-0.1, -0.05) is 36.4 Å². The Morgan fingerprint density at radius 1 is 0.864 bits per heavy atom. The first kappa shape index (κ1) is 39.0. The summed E-state index contributed by atoms with van der Waals surface area (Å²) >= 11 is 0. The van der Waals surface area contributed by atoms with Gasteiger partial charge >= 0.3 is 0 Å². The minimum atomic E-state index is -0.442. The molecule has 5 aromatic carbocycles. The van der Waals surface area contributed by atoms with Crippen LogP contribution in [0.2, 0.25) is 0 Å². The van der Waals surface area contributed by atoms with Crippen LogP contribution >= 0.6 is 0 Å². The van der Waals surface area contributed by atoms with Gasteiger partial charge in [-0.3, -0.25) is 19.4 Å². The lowest BCUT2D eigenvalue weighted by Gasteiger charge is -2.22. The van der Waals surface area contributed by atoms with Crippen molar-refractivity contribution in [2.75, 3.05) is 54.8 Å². The van der Waals surface area contributed by atoms with Crippen molar-refractivity contribution in [1.82, 2.24) is 5.32 Å². The van der Waals surface area contributed by atoms with Crippen molar-refractivity contribution >= 4 is 52.9 Å². The summed E-state index contributed by atoms with van der Waals surface area (Å²) in [6.07, 6.45) is 1.54. The van der Waals surface area contributed by atoms with Gasteiger partial charge < -0.3 is 44.7 Å². The fraction of sp³-hybridized carbons (Fsp3) is 0.261. The van der Waals surface area contributed by atoms with E-state index >= 15 is 0 Å². The Hall–Kier alpha value is -6.86. The van der Waals surface area contributed by atoms with Crippen LogP contribution in [0.5, 0.6) is 23.0 Å². The predicted molar refractivity (Wildman–Crippen MR) is 229 cm³/mol. The van der Waals surface area contributed by atoms with Gasteiger partial charge in [0.15, 0.2) is 23.0 Å². The molecule has 0 saturated heterocycles. The summed E-state index contributed by atoms with van der Waals surface area (Å²) < 4.78 is 24.2. The van der Waals surface area contributed by atoms with Crippen LogP contribution in [-0.4, -0.2) is 70.9 Å². The number of rotatable bonds is 13. The smallest absolute Gasteiger partial charge is 0.260 e. The first-order chi connectivity index (χ1) is 28.7. The number of amides is 3. The van der Waals surface area contributed by atoms with E-state index in [1.165, 1.54) is 7.11 Å². The number of para-hydroxylation sites is 2. The Bertz CT molecular complexity index is 2470. The second-order valence-corrected chi connectivity index (χ2v) is 14.7. The summed E-state index contributed by atoms with van der Waals surface area (Å²) in [5.74, 6) is 1.07. The molecule has 0 radical (unpaired) electrons. The monoisotopic (exact) mass is 794 g/mol. The van der Waals surface area contributed by atoms with Crippen molar-refractivity contribution < 1.29 is 33.3 Å².